The van der Waals surface area contributed by atoms with Crippen LogP contribution in [-0.2, 0) is 6.54 Å². The Morgan fingerprint density at radius 2 is 2.23 bits per heavy atom. The van der Waals surface area contributed by atoms with Gasteiger partial charge in [0, 0.05) is 6.54 Å². The highest BCUT2D eigenvalue weighted by molar-refractivity contribution is 6.17. The maximum absolute atomic E-state index is 5.67. The third kappa shape index (κ3) is 3.25. The summed E-state index contributed by atoms with van der Waals surface area (Å²) in [6.07, 6.45) is 0. The molecule has 0 radical (unpaired) electrons. The van der Waals surface area contributed by atoms with E-state index in [1.165, 1.54) is 5.56 Å². The van der Waals surface area contributed by atoms with Crippen molar-refractivity contribution >= 4 is 11.6 Å². The maximum atomic E-state index is 5.67. The molecule has 0 aliphatic carbocycles. The average molecular weight is 200 g/mol. The fraction of sp³-hybridized carbons (Fsp3) is 0.400. The van der Waals surface area contributed by atoms with E-state index in [0.29, 0.717) is 6.00 Å². The number of hydrogen-bond donors (Lipinski definition) is 0. The van der Waals surface area contributed by atoms with Crippen molar-refractivity contribution in [2.45, 2.75) is 6.54 Å². The van der Waals surface area contributed by atoms with Gasteiger partial charge in [-0.15, -0.1) is 11.6 Å². The van der Waals surface area contributed by atoms with E-state index in [0.717, 1.165) is 12.3 Å². The van der Waals surface area contributed by atoms with Crippen LogP contribution < -0.4 is 4.74 Å². The van der Waals surface area contributed by atoms with Crippen molar-refractivity contribution in [1.29, 1.82) is 0 Å². The molecule has 0 bridgehead atoms. The van der Waals surface area contributed by atoms with Crippen molar-refractivity contribution in [3.63, 3.8) is 0 Å². The van der Waals surface area contributed by atoms with Crippen molar-refractivity contribution in [2.75, 3.05) is 20.2 Å². The number of ether oxygens (including phenoxy) is 1. The van der Waals surface area contributed by atoms with Crippen molar-refractivity contribution < 1.29 is 4.74 Å². The minimum atomic E-state index is 0.539. The lowest BCUT2D eigenvalue weighted by molar-refractivity contribution is 0.379. The van der Waals surface area contributed by atoms with Crippen LogP contribution in [0.1, 0.15) is 5.56 Å². The lowest BCUT2D eigenvalue weighted by Gasteiger charge is -2.12. The average Bonchev–Trinajstić information content (AvgIpc) is 2.18. The minimum Gasteiger partial charge on any atom is -0.497 e. The zero-order chi connectivity index (χ0) is 9.68. The van der Waals surface area contributed by atoms with Crippen LogP contribution in [0.15, 0.2) is 24.3 Å². The van der Waals surface area contributed by atoms with E-state index >= 15 is 0 Å². The van der Waals surface area contributed by atoms with Crippen LogP contribution in [0.5, 0.6) is 5.75 Å². The second kappa shape index (κ2) is 5.10. The van der Waals surface area contributed by atoms with Gasteiger partial charge in [-0.3, -0.25) is 4.90 Å². The molecule has 0 spiro atoms. The third-order valence-electron chi connectivity index (χ3n) is 1.79. The molecule has 0 saturated carbocycles. The van der Waals surface area contributed by atoms with Gasteiger partial charge in [0.2, 0.25) is 0 Å². The number of hydrogen-bond acceptors (Lipinski definition) is 2. The number of methoxy groups -OCH3 is 1. The summed E-state index contributed by atoms with van der Waals surface area (Å²) in [7, 11) is 3.65. The van der Waals surface area contributed by atoms with Crippen molar-refractivity contribution in [2.24, 2.45) is 0 Å². The largest absolute Gasteiger partial charge is 0.497 e. The molecular weight excluding hydrogens is 186 g/mol. The van der Waals surface area contributed by atoms with Gasteiger partial charge in [0.25, 0.3) is 0 Å². The molecule has 0 N–H and O–H groups in total. The molecule has 0 fully saturated rings. The molecule has 0 saturated heterocycles. The molecule has 2 nitrogen and oxygen atoms in total. The van der Waals surface area contributed by atoms with Gasteiger partial charge in [0.1, 0.15) is 5.75 Å². The Morgan fingerprint density at radius 3 is 2.85 bits per heavy atom. The Hall–Kier alpha value is -0.730. The Balaban J connectivity index is 2.66. The Bertz CT molecular complexity index is 265. The van der Waals surface area contributed by atoms with Gasteiger partial charge < -0.3 is 4.74 Å². The molecule has 1 aromatic carbocycles. The lowest BCUT2D eigenvalue weighted by Crippen LogP contribution is -2.15. The van der Waals surface area contributed by atoms with Gasteiger partial charge in [-0.05, 0) is 24.7 Å². The summed E-state index contributed by atoms with van der Waals surface area (Å²) in [6, 6.07) is 8.53. The van der Waals surface area contributed by atoms with E-state index in [-0.39, 0.29) is 0 Å². The summed E-state index contributed by atoms with van der Waals surface area (Å²) < 4.78 is 5.12. The first-order valence-electron chi connectivity index (χ1n) is 4.13. The summed E-state index contributed by atoms with van der Waals surface area (Å²) in [6.45, 7) is 0.848. The van der Waals surface area contributed by atoms with Crippen LogP contribution in [0.2, 0.25) is 0 Å². The van der Waals surface area contributed by atoms with Gasteiger partial charge in [0.15, 0.2) is 0 Å². The van der Waals surface area contributed by atoms with Crippen LogP contribution in [0.4, 0.5) is 0 Å². The topological polar surface area (TPSA) is 12.5 Å². The van der Waals surface area contributed by atoms with Crippen molar-refractivity contribution in [3.8, 4) is 5.75 Å². The SMILES string of the molecule is COc1cccc(CN(C)CCl)c1. The van der Waals surface area contributed by atoms with E-state index < -0.39 is 0 Å². The minimum absolute atomic E-state index is 0.539. The second-order valence-electron chi connectivity index (χ2n) is 2.99. The monoisotopic (exact) mass is 199 g/mol. The standard InChI is InChI=1S/C10H14ClNO/c1-12(8-11)7-9-4-3-5-10(6-9)13-2/h3-6H,7-8H2,1-2H3. The highest BCUT2D eigenvalue weighted by Gasteiger charge is 1.99. The third-order valence-corrected chi connectivity index (χ3v) is 2.20. The number of nitrogens with zero attached hydrogens (tertiary/aromatic N) is 1. The predicted octanol–water partition coefficient (Wildman–Crippen LogP) is 2.32. The summed E-state index contributed by atoms with van der Waals surface area (Å²) >= 11 is 5.67. The van der Waals surface area contributed by atoms with Crippen LogP contribution in [0.25, 0.3) is 0 Å². The fourth-order valence-electron chi connectivity index (χ4n) is 1.12. The zero-order valence-electron chi connectivity index (χ0n) is 7.96. The molecule has 0 aromatic heterocycles. The van der Waals surface area contributed by atoms with Gasteiger partial charge in [0.05, 0.1) is 13.1 Å². The van der Waals surface area contributed by atoms with Crippen LogP contribution in [0, 0.1) is 0 Å². The van der Waals surface area contributed by atoms with E-state index in [1.54, 1.807) is 7.11 Å². The van der Waals surface area contributed by atoms with Gasteiger partial charge >= 0.3 is 0 Å². The molecular formula is C10H14ClNO. The molecule has 0 aliphatic rings. The van der Waals surface area contributed by atoms with E-state index in [9.17, 15) is 0 Å². The predicted molar refractivity (Wildman–Crippen MR) is 55.2 cm³/mol. The zero-order valence-corrected chi connectivity index (χ0v) is 8.71. The number of alkyl halides is 1. The molecule has 0 aliphatic heterocycles. The molecule has 72 valence electrons. The van der Waals surface area contributed by atoms with Gasteiger partial charge in [-0.1, -0.05) is 12.1 Å². The molecule has 1 aromatic rings. The van der Waals surface area contributed by atoms with Crippen LogP contribution in [0.3, 0.4) is 0 Å². The van der Waals surface area contributed by atoms with Gasteiger partial charge in [-0.25, -0.2) is 0 Å². The normalized spacial score (nSPS) is 10.5. The maximum Gasteiger partial charge on any atom is 0.119 e. The van der Waals surface area contributed by atoms with Crippen molar-refractivity contribution in [1.82, 2.24) is 4.90 Å². The molecule has 0 atom stereocenters. The number of rotatable bonds is 4. The second-order valence-corrected chi connectivity index (χ2v) is 3.22. The highest BCUT2D eigenvalue weighted by Crippen LogP contribution is 2.13. The summed E-state index contributed by atoms with van der Waals surface area (Å²) in [5.41, 5.74) is 1.21. The molecule has 1 rings (SSSR count). The first-order chi connectivity index (χ1) is 6.26. The van der Waals surface area contributed by atoms with Crippen LogP contribution in [-0.4, -0.2) is 25.1 Å². The summed E-state index contributed by atoms with van der Waals surface area (Å²) in [4.78, 5) is 2.02. The summed E-state index contributed by atoms with van der Waals surface area (Å²) in [5, 5.41) is 0. The number of halogens is 1. The molecule has 13 heavy (non-hydrogen) atoms. The van der Waals surface area contributed by atoms with E-state index in [1.807, 2.05) is 30.1 Å². The fourth-order valence-corrected chi connectivity index (χ4v) is 1.21. The molecule has 0 unspecified atom stereocenters. The molecule has 0 amide bonds. The number of benzene rings is 1. The highest BCUT2D eigenvalue weighted by atomic mass is 35.5. The molecule has 0 heterocycles. The quantitative estimate of drug-likeness (QED) is 0.545. The first-order valence-corrected chi connectivity index (χ1v) is 4.67. The Morgan fingerprint density at radius 1 is 1.46 bits per heavy atom. The molecule has 3 heteroatoms. The summed E-state index contributed by atoms with van der Waals surface area (Å²) in [5.74, 6) is 0.889. The van der Waals surface area contributed by atoms with E-state index in [4.69, 9.17) is 16.3 Å². The Kier molecular flexibility index (Phi) is 4.06. The van der Waals surface area contributed by atoms with E-state index in [2.05, 4.69) is 6.07 Å². The Labute approximate surface area is 84.1 Å². The van der Waals surface area contributed by atoms with Gasteiger partial charge in [-0.2, -0.15) is 0 Å². The van der Waals surface area contributed by atoms with Crippen LogP contribution >= 0.6 is 11.6 Å². The smallest absolute Gasteiger partial charge is 0.119 e. The lowest BCUT2D eigenvalue weighted by atomic mass is 10.2. The first kappa shape index (κ1) is 10.4. The van der Waals surface area contributed by atoms with Crippen molar-refractivity contribution in [3.05, 3.63) is 29.8 Å².